The third-order valence-electron chi connectivity index (χ3n) is 11.7. The van der Waals surface area contributed by atoms with Crippen LogP contribution in [-0.4, -0.2) is 9.97 Å². The van der Waals surface area contributed by atoms with E-state index >= 15 is 0 Å². The first-order valence-electron chi connectivity index (χ1n) is 20.2. The van der Waals surface area contributed by atoms with Gasteiger partial charge in [-0.25, -0.2) is 9.97 Å². The molecule has 0 atom stereocenters. The van der Waals surface area contributed by atoms with E-state index in [1.165, 1.54) is 11.1 Å². The van der Waals surface area contributed by atoms with Gasteiger partial charge in [0.05, 0.1) is 11.4 Å². The molecule has 12 rings (SSSR count). The van der Waals surface area contributed by atoms with E-state index in [1.807, 2.05) is 36.4 Å². The number of nitrogens with zero attached hydrogens (tertiary/aromatic N) is 2. The fourth-order valence-electron chi connectivity index (χ4n) is 8.71. The average molecular weight is 767 g/mol. The zero-order valence-electron chi connectivity index (χ0n) is 32.3. The molecular formula is C56H34N2O2. The van der Waals surface area contributed by atoms with Crippen LogP contribution in [0.25, 0.3) is 111 Å². The van der Waals surface area contributed by atoms with Crippen molar-refractivity contribution in [2.75, 3.05) is 0 Å². The van der Waals surface area contributed by atoms with Crippen molar-refractivity contribution >= 4 is 32.7 Å². The number of fused-ring (bicyclic) bond motifs is 5. The Morgan fingerprint density at radius 3 is 1.62 bits per heavy atom. The number of hydrogen-bond acceptors (Lipinski definition) is 4. The predicted molar refractivity (Wildman–Crippen MR) is 245 cm³/mol. The van der Waals surface area contributed by atoms with E-state index in [1.54, 1.807) is 0 Å². The quantitative estimate of drug-likeness (QED) is 0.169. The highest BCUT2D eigenvalue weighted by Gasteiger charge is 2.23. The number of rotatable bonds is 6. The maximum absolute atomic E-state index is 6.62. The van der Waals surface area contributed by atoms with Crippen molar-refractivity contribution in [3.63, 3.8) is 0 Å². The van der Waals surface area contributed by atoms with Gasteiger partial charge in [-0.3, -0.25) is 0 Å². The predicted octanol–water partition coefficient (Wildman–Crippen LogP) is 15.3. The monoisotopic (exact) mass is 766 g/mol. The number of hydrogen-bond donors (Lipinski definition) is 0. The van der Waals surface area contributed by atoms with Gasteiger partial charge in [-0.2, -0.15) is 0 Å². The summed E-state index contributed by atoms with van der Waals surface area (Å²) in [5.41, 5.74) is 15.7. The van der Waals surface area contributed by atoms with Crippen molar-refractivity contribution in [2.45, 2.75) is 0 Å². The van der Waals surface area contributed by atoms with Gasteiger partial charge in [0.1, 0.15) is 22.7 Å². The van der Waals surface area contributed by atoms with Gasteiger partial charge in [-0.1, -0.05) is 164 Å². The lowest BCUT2D eigenvalue weighted by Crippen LogP contribution is -1.98. The molecule has 0 saturated heterocycles. The summed E-state index contributed by atoms with van der Waals surface area (Å²) in [7, 11) is 0. The van der Waals surface area contributed by atoms with Gasteiger partial charge in [-0.15, -0.1) is 0 Å². The molecule has 60 heavy (non-hydrogen) atoms. The van der Waals surface area contributed by atoms with E-state index < -0.39 is 0 Å². The molecule has 11 aromatic rings. The van der Waals surface area contributed by atoms with Crippen molar-refractivity contribution in [1.29, 1.82) is 0 Å². The van der Waals surface area contributed by atoms with Crippen LogP contribution in [0.2, 0.25) is 0 Å². The van der Waals surface area contributed by atoms with Crippen LogP contribution in [0.3, 0.4) is 0 Å². The normalized spacial score (nSPS) is 11.8. The number of benzene rings is 9. The highest BCUT2D eigenvalue weighted by atomic mass is 16.5. The summed E-state index contributed by atoms with van der Waals surface area (Å²) in [4.78, 5) is 10.1. The van der Waals surface area contributed by atoms with Gasteiger partial charge in [-0.05, 0) is 86.8 Å². The summed E-state index contributed by atoms with van der Waals surface area (Å²) in [6, 6.07) is 72.1. The molecule has 0 fully saturated rings. The minimum Gasteiger partial charge on any atom is -0.456 e. The lowest BCUT2D eigenvalue weighted by atomic mass is 9.89. The maximum atomic E-state index is 6.62. The molecule has 4 nitrogen and oxygen atoms in total. The number of furan rings is 1. The first kappa shape index (κ1) is 34.0. The smallest absolute Gasteiger partial charge is 0.160 e. The Kier molecular flexibility index (Phi) is 7.82. The third-order valence-corrected chi connectivity index (χ3v) is 11.7. The number of aromatic nitrogens is 2. The van der Waals surface area contributed by atoms with E-state index in [4.69, 9.17) is 19.1 Å². The topological polar surface area (TPSA) is 48.2 Å². The Labute approximate surface area is 346 Å². The fourth-order valence-corrected chi connectivity index (χ4v) is 8.71. The zero-order chi connectivity index (χ0) is 39.6. The Morgan fingerprint density at radius 2 is 0.867 bits per heavy atom. The summed E-state index contributed by atoms with van der Waals surface area (Å²) in [5.74, 6) is 2.42. The second kappa shape index (κ2) is 13.8. The molecule has 0 radical (unpaired) electrons. The summed E-state index contributed by atoms with van der Waals surface area (Å²) < 4.78 is 12.8. The summed E-state index contributed by atoms with van der Waals surface area (Å²) in [6.07, 6.45) is 0. The van der Waals surface area contributed by atoms with Crippen molar-refractivity contribution in [3.8, 4) is 89.9 Å². The molecule has 4 heteroatoms. The lowest BCUT2D eigenvalue weighted by Gasteiger charge is -2.23. The average Bonchev–Trinajstić information content (AvgIpc) is 3.70. The first-order chi connectivity index (χ1) is 29.7. The van der Waals surface area contributed by atoms with Gasteiger partial charge >= 0.3 is 0 Å². The molecule has 0 saturated carbocycles. The molecule has 280 valence electrons. The SMILES string of the molecule is c1ccc(-c2ccc(-c3cc(-c4ccc(-c5ccc6c(c5)-c5cccc7c(-c8ccc9oc%10ccccc%10c9c8)ccc(c57)O6)cc4)nc(-c4ccccc4)n3)cc2)cc1. The van der Waals surface area contributed by atoms with Crippen LogP contribution in [0.4, 0.5) is 0 Å². The van der Waals surface area contributed by atoms with Crippen LogP contribution < -0.4 is 4.74 Å². The highest BCUT2D eigenvalue weighted by Crippen LogP contribution is 2.50. The van der Waals surface area contributed by atoms with E-state index in [2.05, 4.69) is 170 Å². The minimum absolute atomic E-state index is 0.696. The molecule has 1 aliphatic heterocycles. The molecule has 0 bridgehead atoms. The van der Waals surface area contributed by atoms with Crippen molar-refractivity contribution in [1.82, 2.24) is 9.97 Å². The van der Waals surface area contributed by atoms with Crippen molar-refractivity contribution < 1.29 is 9.15 Å². The fraction of sp³-hybridized carbons (Fsp3) is 0. The Bertz CT molecular complexity index is 3430. The molecule has 0 unspecified atom stereocenters. The second-order valence-corrected chi connectivity index (χ2v) is 15.3. The third kappa shape index (κ3) is 5.77. The number of ether oxygens (including phenoxy) is 1. The standard InChI is InChI=1S/C56H34N2O2/c1-3-10-35(11-4-1)36-18-22-38(23-19-36)49-34-50(58-56(57-49)40-12-5-2-6-13-40)39-24-20-37(21-25-39)41-26-29-53-48(32-41)46-16-9-15-45-43(28-31-54(60-53)55(45)46)42-27-30-52-47(33-42)44-14-7-8-17-51(44)59-52/h1-34H. The van der Waals surface area contributed by atoms with E-state index in [0.29, 0.717) is 5.82 Å². The largest absolute Gasteiger partial charge is 0.456 e. The van der Waals surface area contributed by atoms with E-state index in [9.17, 15) is 0 Å². The molecule has 3 heterocycles. The molecule has 0 N–H and O–H groups in total. The van der Waals surface area contributed by atoms with Crippen LogP contribution >= 0.6 is 0 Å². The summed E-state index contributed by atoms with van der Waals surface area (Å²) in [6.45, 7) is 0. The number of para-hydroxylation sites is 1. The van der Waals surface area contributed by atoms with Crippen molar-refractivity contribution in [2.24, 2.45) is 0 Å². The second-order valence-electron chi connectivity index (χ2n) is 15.3. The van der Waals surface area contributed by atoms with Crippen LogP contribution in [0.5, 0.6) is 11.5 Å². The molecule has 0 spiro atoms. The van der Waals surface area contributed by atoms with Crippen LogP contribution in [0.15, 0.2) is 211 Å². The van der Waals surface area contributed by atoms with Gasteiger partial charge in [0, 0.05) is 38.4 Å². The Hall–Kier alpha value is -8.08. The van der Waals surface area contributed by atoms with Gasteiger partial charge < -0.3 is 9.15 Å². The molecule has 1 aliphatic rings. The van der Waals surface area contributed by atoms with Crippen molar-refractivity contribution in [3.05, 3.63) is 206 Å². The van der Waals surface area contributed by atoms with Crippen LogP contribution in [-0.2, 0) is 0 Å². The maximum Gasteiger partial charge on any atom is 0.160 e. The van der Waals surface area contributed by atoms with Crippen LogP contribution in [0.1, 0.15) is 0 Å². The van der Waals surface area contributed by atoms with E-state index in [0.717, 1.165) is 106 Å². The van der Waals surface area contributed by atoms with Crippen LogP contribution in [0, 0.1) is 0 Å². The molecule has 0 amide bonds. The van der Waals surface area contributed by atoms with E-state index in [-0.39, 0.29) is 0 Å². The van der Waals surface area contributed by atoms with Gasteiger partial charge in [0.25, 0.3) is 0 Å². The molecular weight excluding hydrogens is 733 g/mol. The Morgan fingerprint density at radius 1 is 0.300 bits per heavy atom. The zero-order valence-corrected chi connectivity index (χ0v) is 32.3. The summed E-state index contributed by atoms with van der Waals surface area (Å²) in [5, 5.41) is 4.52. The Balaban J connectivity index is 0.897. The first-order valence-corrected chi connectivity index (χ1v) is 20.2. The highest BCUT2D eigenvalue weighted by molar-refractivity contribution is 6.12. The van der Waals surface area contributed by atoms with Gasteiger partial charge in [0.2, 0.25) is 0 Å². The lowest BCUT2D eigenvalue weighted by molar-refractivity contribution is 0.487. The minimum atomic E-state index is 0.696. The molecule has 2 aromatic heterocycles. The van der Waals surface area contributed by atoms with Gasteiger partial charge in [0.15, 0.2) is 5.82 Å². The molecule has 9 aromatic carbocycles. The molecule has 0 aliphatic carbocycles. The summed E-state index contributed by atoms with van der Waals surface area (Å²) >= 11 is 0.